The summed E-state index contributed by atoms with van der Waals surface area (Å²) in [7, 11) is 0. The van der Waals surface area contributed by atoms with Crippen LogP contribution in [0.15, 0.2) is 17.5 Å². The molecule has 0 spiro atoms. The van der Waals surface area contributed by atoms with E-state index < -0.39 is 0 Å². The summed E-state index contributed by atoms with van der Waals surface area (Å²) < 4.78 is 1.05. The molecule has 0 saturated carbocycles. The van der Waals surface area contributed by atoms with Crippen LogP contribution >= 0.6 is 38.9 Å². The van der Waals surface area contributed by atoms with E-state index >= 15 is 0 Å². The van der Waals surface area contributed by atoms with E-state index in [1.807, 2.05) is 17.5 Å². The summed E-state index contributed by atoms with van der Waals surface area (Å²) in [4.78, 5) is 10.8. The number of alkyl halides is 1. The molecule has 0 atom stereocenters. The van der Waals surface area contributed by atoms with Gasteiger partial charge >= 0.3 is 0 Å². The van der Waals surface area contributed by atoms with Crippen molar-refractivity contribution in [3.05, 3.63) is 33.7 Å². The van der Waals surface area contributed by atoms with Crippen LogP contribution in [0.4, 0.5) is 0 Å². The molecule has 1 nitrogen and oxygen atoms in total. The van der Waals surface area contributed by atoms with E-state index in [1.165, 1.54) is 0 Å². The first-order chi connectivity index (χ1) is 6.77. The number of rotatable bonds is 2. The number of fused-ring (bicyclic) bond motifs is 1. The summed E-state index contributed by atoms with van der Waals surface area (Å²) in [6, 6.07) is 3.85. The van der Waals surface area contributed by atoms with Crippen LogP contribution in [0.3, 0.4) is 0 Å². The molecule has 0 aliphatic carbocycles. The van der Waals surface area contributed by atoms with Crippen LogP contribution in [0.1, 0.15) is 15.9 Å². The highest BCUT2D eigenvalue weighted by molar-refractivity contribution is 9.08. The van der Waals surface area contributed by atoms with Crippen molar-refractivity contribution in [2.24, 2.45) is 0 Å². The van der Waals surface area contributed by atoms with Gasteiger partial charge in [-0.05, 0) is 28.5 Å². The topological polar surface area (TPSA) is 17.1 Å². The van der Waals surface area contributed by atoms with Crippen LogP contribution in [-0.4, -0.2) is 6.29 Å². The zero-order valence-corrected chi connectivity index (χ0v) is 10.2. The fourth-order valence-electron chi connectivity index (χ4n) is 1.37. The number of thiophene rings is 1. The van der Waals surface area contributed by atoms with E-state index in [-0.39, 0.29) is 0 Å². The van der Waals surface area contributed by atoms with E-state index in [1.54, 1.807) is 11.3 Å². The summed E-state index contributed by atoms with van der Waals surface area (Å²) in [6.45, 7) is 0. The van der Waals surface area contributed by atoms with Crippen molar-refractivity contribution in [3.8, 4) is 0 Å². The molecule has 2 aromatic rings. The van der Waals surface area contributed by atoms with Crippen LogP contribution in [-0.2, 0) is 5.33 Å². The SMILES string of the molecule is O=Cc1cc2ccsc2c(Cl)c1CBr. The molecule has 14 heavy (non-hydrogen) atoms. The molecule has 0 fully saturated rings. The van der Waals surface area contributed by atoms with Gasteiger partial charge in [-0.25, -0.2) is 0 Å². The third-order valence-electron chi connectivity index (χ3n) is 2.08. The van der Waals surface area contributed by atoms with Gasteiger partial charge in [-0.1, -0.05) is 27.5 Å². The summed E-state index contributed by atoms with van der Waals surface area (Å²) in [5.74, 6) is 0. The number of carbonyl (C=O) groups excluding carboxylic acids is 1. The highest BCUT2D eigenvalue weighted by Gasteiger charge is 2.11. The van der Waals surface area contributed by atoms with Crippen LogP contribution in [0.5, 0.6) is 0 Å². The van der Waals surface area contributed by atoms with E-state index in [9.17, 15) is 4.79 Å². The fraction of sp³-hybridized carbons (Fsp3) is 0.100. The molecular formula is C10H6BrClOS. The average molecular weight is 290 g/mol. The average Bonchev–Trinajstić information content (AvgIpc) is 2.65. The van der Waals surface area contributed by atoms with Gasteiger partial charge in [0.2, 0.25) is 0 Å². The third-order valence-corrected chi connectivity index (χ3v) is 4.12. The minimum absolute atomic E-state index is 0.605. The van der Waals surface area contributed by atoms with Crippen molar-refractivity contribution in [3.63, 3.8) is 0 Å². The van der Waals surface area contributed by atoms with Gasteiger partial charge in [-0.15, -0.1) is 11.3 Å². The molecule has 1 aromatic carbocycles. The van der Waals surface area contributed by atoms with Crippen molar-refractivity contribution in [1.82, 2.24) is 0 Å². The van der Waals surface area contributed by atoms with Crippen molar-refractivity contribution in [2.45, 2.75) is 5.33 Å². The third kappa shape index (κ3) is 1.49. The van der Waals surface area contributed by atoms with E-state index in [4.69, 9.17) is 11.6 Å². The van der Waals surface area contributed by atoms with E-state index in [0.717, 1.165) is 21.9 Å². The first-order valence-corrected chi connectivity index (χ1v) is 6.35. The lowest BCUT2D eigenvalue weighted by Gasteiger charge is -2.04. The Kier molecular flexibility index (Phi) is 2.91. The van der Waals surface area contributed by atoms with Crippen molar-refractivity contribution in [2.75, 3.05) is 0 Å². The second kappa shape index (κ2) is 4.01. The zero-order valence-electron chi connectivity index (χ0n) is 7.09. The highest BCUT2D eigenvalue weighted by atomic mass is 79.9. The van der Waals surface area contributed by atoms with Crippen LogP contribution in [0.2, 0.25) is 5.02 Å². The minimum Gasteiger partial charge on any atom is -0.298 e. The number of carbonyl (C=O) groups is 1. The minimum atomic E-state index is 0.605. The molecule has 0 bridgehead atoms. The van der Waals surface area contributed by atoms with Crippen molar-refractivity contribution >= 4 is 55.2 Å². The molecule has 0 N–H and O–H groups in total. The number of benzene rings is 1. The molecule has 0 saturated heterocycles. The molecule has 1 aromatic heterocycles. The van der Waals surface area contributed by atoms with Gasteiger partial charge in [0, 0.05) is 10.9 Å². The molecular weight excluding hydrogens is 284 g/mol. The molecule has 0 amide bonds. The summed E-state index contributed by atoms with van der Waals surface area (Å²) >= 11 is 11.1. The van der Waals surface area contributed by atoms with E-state index in [0.29, 0.717) is 15.9 Å². The number of hydrogen-bond acceptors (Lipinski definition) is 2. The standard InChI is InChI=1S/C10H6BrClOS/c11-4-8-7(5-13)3-6-1-2-14-10(6)9(8)12/h1-3,5H,4H2. The van der Waals surface area contributed by atoms with Crippen LogP contribution < -0.4 is 0 Å². The van der Waals surface area contributed by atoms with Gasteiger partial charge in [-0.3, -0.25) is 4.79 Å². The summed E-state index contributed by atoms with van der Waals surface area (Å²) in [6.07, 6.45) is 0.847. The number of aldehydes is 1. The predicted octanol–water partition coefficient (Wildman–Crippen LogP) is 4.26. The van der Waals surface area contributed by atoms with Crippen LogP contribution in [0.25, 0.3) is 10.1 Å². The first kappa shape index (κ1) is 10.1. The zero-order chi connectivity index (χ0) is 10.1. The van der Waals surface area contributed by atoms with Gasteiger partial charge in [0.25, 0.3) is 0 Å². The smallest absolute Gasteiger partial charge is 0.150 e. The van der Waals surface area contributed by atoms with Gasteiger partial charge in [-0.2, -0.15) is 0 Å². The maximum absolute atomic E-state index is 10.8. The fourth-order valence-corrected chi connectivity index (χ4v) is 3.40. The predicted molar refractivity (Wildman–Crippen MR) is 64.9 cm³/mol. The van der Waals surface area contributed by atoms with Crippen molar-refractivity contribution in [1.29, 1.82) is 0 Å². The maximum Gasteiger partial charge on any atom is 0.150 e. The summed E-state index contributed by atoms with van der Waals surface area (Å²) in [5.41, 5.74) is 1.54. The molecule has 1 heterocycles. The Balaban J connectivity index is 2.85. The lowest BCUT2D eigenvalue weighted by atomic mass is 10.1. The summed E-state index contributed by atoms with van der Waals surface area (Å²) in [5, 5.41) is 4.31. The molecule has 4 heteroatoms. The molecule has 2 rings (SSSR count). The molecule has 0 radical (unpaired) electrons. The Morgan fingerprint density at radius 3 is 3.00 bits per heavy atom. The first-order valence-electron chi connectivity index (χ1n) is 3.97. The Morgan fingerprint density at radius 2 is 2.36 bits per heavy atom. The molecule has 0 unspecified atom stereocenters. The Labute approximate surface area is 98.8 Å². The molecule has 0 aliphatic rings. The lowest BCUT2D eigenvalue weighted by molar-refractivity contribution is 0.112. The monoisotopic (exact) mass is 288 g/mol. The van der Waals surface area contributed by atoms with E-state index in [2.05, 4.69) is 15.9 Å². The second-order valence-electron chi connectivity index (χ2n) is 2.85. The lowest BCUT2D eigenvalue weighted by Crippen LogP contribution is -1.90. The Hall–Kier alpha value is -0.380. The van der Waals surface area contributed by atoms with Crippen LogP contribution in [0, 0.1) is 0 Å². The molecule has 0 aliphatic heterocycles. The van der Waals surface area contributed by atoms with Gasteiger partial charge in [0.1, 0.15) is 6.29 Å². The van der Waals surface area contributed by atoms with Gasteiger partial charge in [0.05, 0.1) is 9.72 Å². The molecule has 72 valence electrons. The van der Waals surface area contributed by atoms with Crippen molar-refractivity contribution < 1.29 is 4.79 Å². The normalized spacial score (nSPS) is 10.7. The highest BCUT2D eigenvalue weighted by Crippen LogP contribution is 2.34. The number of hydrogen-bond donors (Lipinski definition) is 0. The van der Waals surface area contributed by atoms with Gasteiger partial charge < -0.3 is 0 Å². The number of halogens is 2. The van der Waals surface area contributed by atoms with Gasteiger partial charge in [0.15, 0.2) is 0 Å². The Morgan fingerprint density at radius 1 is 1.57 bits per heavy atom. The second-order valence-corrected chi connectivity index (χ2v) is 4.70. The quantitative estimate of drug-likeness (QED) is 0.596. The largest absolute Gasteiger partial charge is 0.298 e. The Bertz CT molecular complexity index is 492. The maximum atomic E-state index is 10.8.